The van der Waals surface area contributed by atoms with E-state index in [4.69, 9.17) is 0 Å². The van der Waals surface area contributed by atoms with E-state index in [0.717, 1.165) is 10.9 Å². The molecule has 0 aliphatic rings. The maximum atomic E-state index is 14.2. The Hall–Kier alpha value is -3.28. The van der Waals surface area contributed by atoms with Crippen LogP contribution < -0.4 is 0 Å². The molecule has 0 radical (unpaired) electrons. The van der Waals surface area contributed by atoms with Gasteiger partial charge >= 0.3 is 0 Å². The van der Waals surface area contributed by atoms with Crippen molar-refractivity contribution >= 4 is 23.1 Å². The van der Waals surface area contributed by atoms with E-state index < -0.39 is 0 Å². The Bertz CT molecular complexity index is 1020. The van der Waals surface area contributed by atoms with Gasteiger partial charge in [0.05, 0.1) is 17.4 Å². The lowest BCUT2D eigenvalue weighted by Crippen LogP contribution is -1.83. The van der Waals surface area contributed by atoms with Crippen LogP contribution in [0.3, 0.4) is 0 Å². The van der Waals surface area contributed by atoms with Crippen molar-refractivity contribution < 1.29 is 8.78 Å². The normalized spacial score (nSPS) is 11.6. The van der Waals surface area contributed by atoms with Crippen molar-refractivity contribution in [1.82, 2.24) is 20.4 Å². The first-order valence-corrected chi connectivity index (χ1v) is 7.31. The largest absolute Gasteiger partial charge is 0.285 e. The van der Waals surface area contributed by atoms with Crippen LogP contribution in [-0.4, -0.2) is 20.4 Å². The summed E-state index contributed by atoms with van der Waals surface area (Å²) in [6.07, 6.45) is 6.84. The van der Waals surface area contributed by atoms with Crippen LogP contribution in [0.2, 0.25) is 0 Å². The number of rotatable bonds is 3. The van der Waals surface area contributed by atoms with Crippen LogP contribution in [0.1, 0.15) is 11.3 Å². The molecule has 4 nitrogen and oxygen atoms in total. The molecule has 0 unspecified atom stereocenters. The molecular weight excluding hydrogens is 310 g/mol. The Labute approximate surface area is 135 Å². The second-order valence-electron chi connectivity index (χ2n) is 5.36. The summed E-state index contributed by atoms with van der Waals surface area (Å²) in [5.74, 6) is -0.626. The fourth-order valence-electron chi connectivity index (χ4n) is 2.55. The van der Waals surface area contributed by atoms with Crippen LogP contribution in [-0.2, 0) is 0 Å². The molecule has 118 valence electrons. The van der Waals surface area contributed by atoms with Gasteiger partial charge in [-0.25, -0.2) is 8.78 Å². The van der Waals surface area contributed by atoms with Gasteiger partial charge in [0.25, 0.3) is 0 Å². The monoisotopic (exact) mass is 322 g/mol. The lowest BCUT2D eigenvalue weighted by Gasteiger charge is -2.00. The molecule has 6 heteroatoms. The van der Waals surface area contributed by atoms with Crippen molar-refractivity contribution in [2.75, 3.05) is 0 Å². The van der Waals surface area contributed by atoms with E-state index in [2.05, 4.69) is 20.4 Å². The average molecular weight is 322 g/mol. The van der Waals surface area contributed by atoms with Gasteiger partial charge in [0, 0.05) is 28.8 Å². The fraction of sp³-hybridized carbons (Fsp3) is 0. The Morgan fingerprint density at radius 3 is 2.58 bits per heavy atom. The summed E-state index contributed by atoms with van der Waals surface area (Å²) in [4.78, 5) is 0. The highest BCUT2D eigenvalue weighted by Crippen LogP contribution is 2.28. The molecule has 0 bridgehead atoms. The molecule has 4 aromatic rings. The van der Waals surface area contributed by atoms with Gasteiger partial charge in [-0.05, 0) is 29.8 Å². The molecule has 0 fully saturated rings. The zero-order valence-electron chi connectivity index (χ0n) is 12.4. The molecule has 0 saturated heterocycles. The number of aromatic nitrogens is 4. The van der Waals surface area contributed by atoms with Gasteiger partial charge < -0.3 is 0 Å². The van der Waals surface area contributed by atoms with Gasteiger partial charge in [-0.2, -0.15) is 10.2 Å². The Morgan fingerprint density at radius 2 is 1.83 bits per heavy atom. The number of H-pyrrole nitrogens is 2. The molecule has 0 spiro atoms. The van der Waals surface area contributed by atoms with Crippen molar-refractivity contribution in [2.45, 2.75) is 0 Å². The Morgan fingerprint density at radius 1 is 1.00 bits per heavy atom. The molecule has 0 aliphatic carbocycles. The minimum Gasteiger partial charge on any atom is -0.285 e. The minimum atomic E-state index is -0.346. The van der Waals surface area contributed by atoms with Crippen LogP contribution in [0.25, 0.3) is 34.2 Å². The second kappa shape index (κ2) is 5.73. The maximum Gasteiger partial charge on any atom is 0.133 e. The Kier molecular flexibility index (Phi) is 3.42. The summed E-state index contributed by atoms with van der Waals surface area (Å²) in [6, 6.07) is 9.31. The molecule has 4 rings (SSSR count). The number of benzene rings is 2. The van der Waals surface area contributed by atoms with Crippen LogP contribution in [0.4, 0.5) is 8.78 Å². The molecule has 24 heavy (non-hydrogen) atoms. The number of nitrogens with one attached hydrogen (secondary N) is 2. The van der Waals surface area contributed by atoms with Crippen molar-refractivity contribution in [2.24, 2.45) is 0 Å². The SMILES string of the molecule is Fc1ccc(C=Cc2n[nH]c3cc(F)c(-c4cn[nH]c4)cc23)cc1. The highest BCUT2D eigenvalue weighted by atomic mass is 19.1. The quantitative estimate of drug-likeness (QED) is 0.587. The fourth-order valence-corrected chi connectivity index (χ4v) is 2.55. The third kappa shape index (κ3) is 2.58. The van der Waals surface area contributed by atoms with Crippen LogP contribution in [0.5, 0.6) is 0 Å². The van der Waals surface area contributed by atoms with Crippen molar-refractivity contribution in [3.63, 3.8) is 0 Å². The van der Waals surface area contributed by atoms with E-state index >= 15 is 0 Å². The molecule has 0 amide bonds. The predicted octanol–water partition coefficient (Wildman–Crippen LogP) is 4.40. The predicted molar refractivity (Wildman–Crippen MR) is 89.0 cm³/mol. The number of fused-ring (bicyclic) bond motifs is 1. The summed E-state index contributed by atoms with van der Waals surface area (Å²) < 4.78 is 27.2. The summed E-state index contributed by atoms with van der Waals surface area (Å²) in [6.45, 7) is 0. The van der Waals surface area contributed by atoms with Crippen LogP contribution in [0, 0.1) is 11.6 Å². The zero-order valence-corrected chi connectivity index (χ0v) is 12.4. The molecular formula is C18H12F2N4. The van der Waals surface area contributed by atoms with Gasteiger partial charge in [0.15, 0.2) is 0 Å². The van der Waals surface area contributed by atoms with Crippen molar-refractivity contribution in [3.05, 3.63) is 71.7 Å². The number of aromatic amines is 2. The topological polar surface area (TPSA) is 57.4 Å². The van der Waals surface area contributed by atoms with Crippen LogP contribution >= 0.6 is 0 Å². The van der Waals surface area contributed by atoms with Gasteiger partial charge in [-0.1, -0.05) is 18.2 Å². The lowest BCUT2D eigenvalue weighted by molar-refractivity contribution is 0.627. The number of hydrogen-bond acceptors (Lipinski definition) is 2. The number of hydrogen-bond donors (Lipinski definition) is 2. The van der Waals surface area contributed by atoms with Gasteiger partial charge in [0.1, 0.15) is 11.6 Å². The van der Waals surface area contributed by atoms with Gasteiger partial charge in [0.2, 0.25) is 0 Å². The number of nitrogens with zero attached hydrogens (tertiary/aromatic N) is 2. The van der Waals surface area contributed by atoms with Gasteiger partial charge in [-0.15, -0.1) is 0 Å². The van der Waals surface area contributed by atoms with E-state index in [0.29, 0.717) is 22.3 Å². The zero-order chi connectivity index (χ0) is 16.5. The highest BCUT2D eigenvalue weighted by molar-refractivity contribution is 5.92. The minimum absolute atomic E-state index is 0.280. The number of halogens is 2. The highest BCUT2D eigenvalue weighted by Gasteiger charge is 2.11. The van der Waals surface area contributed by atoms with E-state index in [1.807, 2.05) is 12.2 Å². The molecule has 2 heterocycles. The summed E-state index contributed by atoms with van der Waals surface area (Å²) in [7, 11) is 0. The van der Waals surface area contributed by atoms with Crippen molar-refractivity contribution in [1.29, 1.82) is 0 Å². The molecule has 2 aromatic heterocycles. The molecule has 2 aromatic carbocycles. The van der Waals surface area contributed by atoms with Crippen molar-refractivity contribution in [3.8, 4) is 11.1 Å². The molecule has 0 atom stereocenters. The maximum absolute atomic E-state index is 14.2. The first-order chi connectivity index (χ1) is 11.7. The standard InChI is InChI=1S/C18H12F2N4/c19-13-4-1-11(2-5-13)3-6-17-15-7-14(12-9-21-22-10-12)16(20)8-18(15)24-23-17/h1-10H,(H,21,22)(H,23,24). The second-order valence-corrected chi connectivity index (χ2v) is 5.36. The third-order valence-corrected chi connectivity index (χ3v) is 3.79. The van der Waals surface area contributed by atoms with Gasteiger partial charge in [-0.3, -0.25) is 10.2 Å². The Balaban J connectivity index is 1.76. The first-order valence-electron chi connectivity index (χ1n) is 7.31. The molecule has 0 aliphatic heterocycles. The molecule has 0 saturated carbocycles. The van der Waals surface area contributed by atoms with E-state index in [1.165, 1.54) is 18.2 Å². The van der Waals surface area contributed by atoms with Crippen LogP contribution in [0.15, 0.2) is 48.8 Å². The van der Waals surface area contributed by atoms with E-state index in [-0.39, 0.29) is 11.6 Å². The third-order valence-electron chi connectivity index (χ3n) is 3.79. The first kappa shape index (κ1) is 14.3. The molecule has 2 N–H and O–H groups in total. The summed E-state index contributed by atoms with van der Waals surface area (Å²) in [5.41, 5.74) is 3.26. The smallest absolute Gasteiger partial charge is 0.133 e. The van der Waals surface area contributed by atoms with E-state index in [9.17, 15) is 8.78 Å². The lowest BCUT2D eigenvalue weighted by atomic mass is 10.0. The average Bonchev–Trinajstić information content (AvgIpc) is 3.23. The summed E-state index contributed by atoms with van der Waals surface area (Å²) in [5, 5.41) is 14.4. The summed E-state index contributed by atoms with van der Waals surface area (Å²) >= 11 is 0. The van der Waals surface area contributed by atoms with E-state index in [1.54, 1.807) is 30.6 Å².